The molecule has 24 heavy (non-hydrogen) atoms. The van der Waals surface area contributed by atoms with Crippen LogP contribution in [0.25, 0.3) is 0 Å². The minimum absolute atomic E-state index is 0.0674. The Morgan fingerprint density at radius 3 is 2.79 bits per heavy atom. The van der Waals surface area contributed by atoms with E-state index in [0.717, 1.165) is 12.8 Å². The van der Waals surface area contributed by atoms with Crippen LogP contribution >= 0.6 is 0 Å². The minimum atomic E-state index is -0.916. The Kier molecular flexibility index (Phi) is 5.58. The molecule has 0 spiro atoms. The van der Waals surface area contributed by atoms with Crippen LogP contribution in [-0.2, 0) is 14.3 Å². The van der Waals surface area contributed by atoms with E-state index in [0.29, 0.717) is 0 Å². The topological polar surface area (TPSA) is 121 Å². The van der Waals surface area contributed by atoms with Crippen LogP contribution in [0.2, 0.25) is 0 Å². The first-order valence-corrected chi connectivity index (χ1v) is 7.64. The fourth-order valence-corrected chi connectivity index (χ4v) is 2.20. The van der Waals surface area contributed by atoms with Crippen molar-refractivity contribution in [2.45, 2.75) is 31.7 Å². The molecule has 2 N–H and O–H groups in total. The van der Waals surface area contributed by atoms with E-state index in [4.69, 9.17) is 14.4 Å². The van der Waals surface area contributed by atoms with Crippen molar-refractivity contribution in [3.63, 3.8) is 0 Å². The number of nitrogens with zero attached hydrogens (tertiary/aromatic N) is 1. The molecule has 1 aliphatic carbocycles. The van der Waals surface area contributed by atoms with Gasteiger partial charge in [0.15, 0.2) is 12.4 Å². The first kappa shape index (κ1) is 17.5. The van der Waals surface area contributed by atoms with Crippen molar-refractivity contribution in [3.05, 3.63) is 24.2 Å². The molecule has 1 saturated carbocycles. The van der Waals surface area contributed by atoms with Gasteiger partial charge in [0, 0.05) is 6.54 Å². The Hall–Kier alpha value is -2.82. The molecule has 1 atom stereocenters. The third-order valence-corrected chi connectivity index (χ3v) is 3.75. The van der Waals surface area contributed by atoms with Crippen LogP contribution in [-0.4, -0.2) is 36.5 Å². The Morgan fingerprint density at radius 1 is 1.46 bits per heavy atom. The maximum absolute atomic E-state index is 11.8. The van der Waals surface area contributed by atoms with Crippen molar-refractivity contribution in [2.24, 2.45) is 5.92 Å². The lowest BCUT2D eigenvalue weighted by Crippen LogP contribution is -2.48. The Morgan fingerprint density at radius 2 is 2.21 bits per heavy atom. The van der Waals surface area contributed by atoms with E-state index in [1.54, 1.807) is 13.0 Å². The van der Waals surface area contributed by atoms with E-state index in [1.165, 1.54) is 12.3 Å². The van der Waals surface area contributed by atoms with Gasteiger partial charge in [-0.15, -0.1) is 0 Å². The highest BCUT2D eigenvalue weighted by molar-refractivity contribution is 5.91. The minimum Gasteiger partial charge on any atom is -0.459 e. The Bertz CT molecular complexity index is 645. The summed E-state index contributed by atoms with van der Waals surface area (Å²) in [6, 6.07) is 5.18. The van der Waals surface area contributed by atoms with E-state index < -0.39 is 29.9 Å². The molecule has 0 bridgehead atoms. The van der Waals surface area contributed by atoms with Crippen molar-refractivity contribution in [1.29, 1.82) is 5.26 Å². The van der Waals surface area contributed by atoms with Crippen molar-refractivity contribution in [1.82, 2.24) is 10.6 Å². The van der Waals surface area contributed by atoms with Gasteiger partial charge in [-0.1, -0.05) is 0 Å². The lowest BCUT2D eigenvalue weighted by Gasteiger charge is -2.22. The number of nitrogens with one attached hydrogen (secondary N) is 2. The van der Waals surface area contributed by atoms with Crippen molar-refractivity contribution >= 4 is 17.8 Å². The molecule has 8 nitrogen and oxygen atoms in total. The zero-order valence-electron chi connectivity index (χ0n) is 13.3. The maximum Gasteiger partial charge on any atom is 0.308 e. The normalized spacial score (nSPS) is 15.7. The van der Waals surface area contributed by atoms with Crippen molar-refractivity contribution in [3.8, 4) is 6.07 Å². The molecule has 128 valence electrons. The molecular weight excluding hydrogens is 314 g/mol. The van der Waals surface area contributed by atoms with Gasteiger partial charge in [-0.2, -0.15) is 5.26 Å². The number of carbonyl (C=O) groups excluding carboxylic acids is 3. The predicted molar refractivity (Wildman–Crippen MR) is 81.5 cm³/mol. The number of ether oxygens (including phenoxy) is 1. The summed E-state index contributed by atoms with van der Waals surface area (Å²) in [5, 5.41) is 14.2. The van der Waals surface area contributed by atoms with Crippen LogP contribution in [0, 0.1) is 17.2 Å². The van der Waals surface area contributed by atoms with Gasteiger partial charge in [-0.05, 0) is 37.8 Å². The number of nitriles is 1. The van der Waals surface area contributed by atoms with E-state index >= 15 is 0 Å². The highest BCUT2D eigenvalue weighted by Crippen LogP contribution is 2.39. The summed E-state index contributed by atoms with van der Waals surface area (Å²) in [7, 11) is 0. The van der Waals surface area contributed by atoms with Crippen LogP contribution in [0.3, 0.4) is 0 Å². The average Bonchev–Trinajstić information content (AvgIpc) is 3.28. The molecular formula is C16H19N3O5. The van der Waals surface area contributed by atoms with Gasteiger partial charge in [0.2, 0.25) is 0 Å². The molecule has 1 aliphatic rings. The summed E-state index contributed by atoms with van der Waals surface area (Å²) >= 11 is 0. The number of rotatable bonds is 8. The van der Waals surface area contributed by atoms with E-state index in [9.17, 15) is 14.4 Å². The fourth-order valence-electron chi connectivity index (χ4n) is 2.20. The molecule has 0 unspecified atom stereocenters. The average molecular weight is 333 g/mol. The number of amides is 2. The first-order chi connectivity index (χ1) is 11.4. The summed E-state index contributed by atoms with van der Waals surface area (Å²) < 4.78 is 9.74. The standard InChI is InChI=1S/C16H19N3O5/c1-16(10-17,11-4-5-11)19-13(20)9-24-14(21)6-7-18-15(22)12-3-2-8-23-12/h2-3,8,11H,4-7,9H2,1H3,(H,18,22)(H,19,20)/t16-/m1/s1. The van der Waals surface area contributed by atoms with Gasteiger partial charge in [0.1, 0.15) is 5.54 Å². The molecule has 1 aromatic rings. The maximum atomic E-state index is 11.8. The van der Waals surface area contributed by atoms with Crippen LogP contribution in [0.15, 0.2) is 22.8 Å². The molecule has 8 heteroatoms. The Balaban J connectivity index is 1.63. The summed E-state index contributed by atoms with van der Waals surface area (Å²) in [5.41, 5.74) is -0.916. The van der Waals surface area contributed by atoms with Crippen LogP contribution in [0.4, 0.5) is 0 Å². The third kappa shape index (κ3) is 4.84. The molecule has 2 rings (SSSR count). The quantitative estimate of drug-likeness (QED) is 0.677. The van der Waals surface area contributed by atoms with Gasteiger partial charge < -0.3 is 19.8 Å². The number of carbonyl (C=O) groups is 3. The fraction of sp³-hybridized carbons (Fsp3) is 0.500. The molecule has 2 amide bonds. The zero-order chi connectivity index (χ0) is 17.6. The van der Waals surface area contributed by atoms with Crippen LogP contribution < -0.4 is 10.6 Å². The summed E-state index contributed by atoms with van der Waals surface area (Å²) in [4.78, 5) is 34.9. The number of furan rings is 1. The predicted octanol–water partition coefficient (Wildman–Crippen LogP) is 0.751. The lowest BCUT2D eigenvalue weighted by molar-refractivity contribution is -0.148. The zero-order valence-corrected chi connectivity index (χ0v) is 13.3. The van der Waals surface area contributed by atoms with Crippen molar-refractivity contribution < 1.29 is 23.5 Å². The van der Waals surface area contributed by atoms with Crippen molar-refractivity contribution in [2.75, 3.05) is 13.2 Å². The third-order valence-electron chi connectivity index (χ3n) is 3.75. The Labute approximate surface area is 139 Å². The highest BCUT2D eigenvalue weighted by Gasteiger charge is 2.43. The van der Waals surface area contributed by atoms with Gasteiger partial charge in [-0.25, -0.2) is 0 Å². The molecule has 0 aromatic carbocycles. The van der Waals surface area contributed by atoms with Gasteiger partial charge in [0.25, 0.3) is 11.8 Å². The van der Waals surface area contributed by atoms with Crippen LogP contribution in [0.1, 0.15) is 36.7 Å². The van der Waals surface area contributed by atoms with E-state index in [1.807, 2.05) is 0 Å². The number of hydrogen-bond acceptors (Lipinski definition) is 6. The van der Waals surface area contributed by atoms with Gasteiger partial charge >= 0.3 is 5.97 Å². The molecule has 1 fully saturated rings. The number of esters is 1. The second-order valence-corrected chi connectivity index (χ2v) is 5.78. The highest BCUT2D eigenvalue weighted by atomic mass is 16.5. The largest absolute Gasteiger partial charge is 0.459 e. The monoisotopic (exact) mass is 333 g/mol. The molecule has 1 aromatic heterocycles. The van der Waals surface area contributed by atoms with Gasteiger partial charge in [-0.3, -0.25) is 14.4 Å². The molecule has 0 saturated heterocycles. The molecule has 0 radical (unpaired) electrons. The number of hydrogen-bond donors (Lipinski definition) is 2. The lowest BCUT2D eigenvalue weighted by atomic mass is 9.98. The smallest absolute Gasteiger partial charge is 0.308 e. The van der Waals surface area contributed by atoms with E-state index in [2.05, 4.69) is 16.7 Å². The SMILES string of the molecule is C[C@](C#N)(NC(=O)COC(=O)CCNC(=O)c1ccco1)C1CC1. The summed E-state index contributed by atoms with van der Waals surface area (Å²) in [5.74, 6) is -1.26. The summed E-state index contributed by atoms with van der Waals surface area (Å²) in [6.07, 6.45) is 3.11. The second-order valence-electron chi connectivity index (χ2n) is 5.78. The first-order valence-electron chi connectivity index (χ1n) is 7.64. The van der Waals surface area contributed by atoms with E-state index in [-0.39, 0.29) is 24.6 Å². The summed E-state index contributed by atoms with van der Waals surface area (Å²) in [6.45, 7) is 1.28. The van der Waals surface area contributed by atoms with Gasteiger partial charge in [0.05, 0.1) is 18.8 Å². The molecule has 1 heterocycles. The molecule has 0 aliphatic heterocycles. The second kappa shape index (κ2) is 7.64. The van der Waals surface area contributed by atoms with Crippen LogP contribution in [0.5, 0.6) is 0 Å².